The molecular weight excluding hydrogens is 280 g/mol. The Kier molecular flexibility index (Phi) is 12.9. The van der Waals surface area contributed by atoms with E-state index in [-0.39, 0.29) is 0 Å². The Morgan fingerprint density at radius 2 is 1.48 bits per heavy atom. The minimum atomic E-state index is 0.679. The first-order valence-electron chi connectivity index (χ1n) is 9.99. The number of hydrogen-bond donors (Lipinski definition) is 1. The molecule has 0 spiro atoms. The highest BCUT2D eigenvalue weighted by molar-refractivity contribution is 5.07. The normalized spacial score (nSPS) is 11.3. The second kappa shape index (κ2) is 14.7. The van der Waals surface area contributed by atoms with E-state index in [2.05, 4.69) is 30.2 Å². The topological polar surface area (TPSA) is 24.9 Å². The van der Waals surface area contributed by atoms with E-state index >= 15 is 0 Å². The summed E-state index contributed by atoms with van der Waals surface area (Å²) in [5.41, 5.74) is 1.30. The van der Waals surface area contributed by atoms with Gasteiger partial charge in [-0.15, -0.1) is 0 Å². The van der Waals surface area contributed by atoms with E-state index in [4.69, 9.17) is 0 Å². The molecule has 1 N–H and O–H groups in total. The van der Waals surface area contributed by atoms with E-state index in [1.165, 1.54) is 82.6 Å². The van der Waals surface area contributed by atoms with Crippen LogP contribution in [0, 0.1) is 0 Å². The highest BCUT2D eigenvalue weighted by Gasteiger charge is 2.08. The van der Waals surface area contributed by atoms with Crippen molar-refractivity contribution in [1.82, 2.24) is 10.3 Å². The average Bonchev–Trinajstić information content (AvgIpc) is 2.59. The lowest BCUT2D eigenvalue weighted by Gasteiger charge is -2.19. The standard InChI is InChI=1S/C21H38N2/c1-3-5-7-9-11-15-21(16-12-10-8-6-4-2)23-19-20-14-13-17-22-18-20/h13-14,17-18,21,23H,3-12,15-16,19H2,1-2H3. The minimum Gasteiger partial charge on any atom is -0.310 e. The summed E-state index contributed by atoms with van der Waals surface area (Å²) in [6, 6.07) is 4.87. The molecule has 0 atom stereocenters. The zero-order chi connectivity index (χ0) is 16.6. The van der Waals surface area contributed by atoms with Crippen LogP contribution in [0.15, 0.2) is 24.5 Å². The maximum Gasteiger partial charge on any atom is 0.0312 e. The predicted molar refractivity (Wildman–Crippen MR) is 102 cm³/mol. The Balaban J connectivity index is 2.25. The molecule has 2 heteroatoms. The third-order valence-corrected chi connectivity index (χ3v) is 4.63. The first kappa shape index (κ1) is 20.2. The van der Waals surface area contributed by atoms with Crippen molar-refractivity contribution < 1.29 is 0 Å². The number of nitrogens with one attached hydrogen (secondary N) is 1. The molecule has 0 aliphatic rings. The number of hydrogen-bond acceptors (Lipinski definition) is 2. The SMILES string of the molecule is CCCCCCCC(CCCCCCC)NCc1cccnc1. The maximum absolute atomic E-state index is 4.21. The van der Waals surface area contributed by atoms with Crippen LogP contribution < -0.4 is 5.32 Å². The molecule has 0 aliphatic carbocycles. The van der Waals surface area contributed by atoms with Crippen molar-refractivity contribution in [2.45, 2.75) is 103 Å². The fourth-order valence-electron chi connectivity index (χ4n) is 3.10. The minimum absolute atomic E-state index is 0.679. The molecule has 132 valence electrons. The van der Waals surface area contributed by atoms with Gasteiger partial charge in [0, 0.05) is 25.0 Å². The van der Waals surface area contributed by atoms with Gasteiger partial charge >= 0.3 is 0 Å². The Morgan fingerprint density at radius 3 is 2.00 bits per heavy atom. The van der Waals surface area contributed by atoms with Gasteiger partial charge in [-0.2, -0.15) is 0 Å². The Hall–Kier alpha value is -0.890. The highest BCUT2D eigenvalue weighted by atomic mass is 14.9. The van der Waals surface area contributed by atoms with Crippen LogP contribution >= 0.6 is 0 Å². The summed E-state index contributed by atoms with van der Waals surface area (Å²) in [7, 11) is 0. The van der Waals surface area contributed by atoms with Crippen molar-refractivity contribution in [2.75, 3.05) is 0 Å². The molecular formula is C21H38N2. The van der Waals surface area contributed by atoms with Crippen LogP contribution in [0.25, 0.3) is 0 Å². The summed E-state index contributed by atoms with van der Waals surface area (Å²) in [5.74, 6) is 0. The van der Waals surface area contributed by atoms with Crippen LogP contribution in [0.2, 0.25) is 0 Å². The molecule has 0 radical (unpaired) electrons. The van der Waals surface area contributed by atoms with Gasteiger partial charge in [0.15, 0.2) is 0 Å². The summed E-state index contributed by atoms with van der Waals surface area (Å²) in [4.78, 5) is 4.21. The smallest absolute Gasteiger partial charge is 0.0312 e. The molecule has 0 aromatic carbocycles. The highest BCUT2D eigenvalue weighted by Crippen LogP contribution is 2.14. The van der Waals surface area contributed by atoms with Gasteiger partial charge < -0.3 is 5.32 Å². The number of aromatic nitrogens is 1. The summed E-state index contributed by atoms with van der Waals surface area (Å²) >= 11 is 0. The van der Waals surface area contributed by atoms with Gasteiger partial charge in [-0.05, 0) is 24.5 Å². The molecule has 23 heavy (non-hydrogen) atoms. The number of rotatable bonds is 15. The van der Waals surface area contributed by atoms with Gasteiger partial charge in [0.25, 0.3) is 0 Å². The molecule has 0 saturated heterocycles. The number of pyridine rings is 1. The van der Waals surface area contributed by atoms with Crippen molar-refractivity contribution in [1.29, 1.82) is 0 Å². The monoisotopic (exact) mass is 318 g/mol. The van der Waals surface area contributed by atoms with Crippen molar-refractivity contribution >= 4 is 0 Å². The van der Waals surface area contributed by atoms with Gasteiger partial charge in [0.05, 0.1) is 0 Å². The van der Waals surface area contributed by atoms with Gasteiger partial charge in [0.1, 0.15) is 0 Å². The molecule has 0 saturated carbocycles. The van der Waals surface area contributed by atoms with Crippen LogP contribution in [0.3, 0.4) is 0 Å². The zero-order valence-corrected chi connectivity index (χ0v) is 15.5. The summed E-state index contributed by atoms with van der Waals surface area (Å²) < 4.78 is 0. The quantitative estimate of drug-likeness (QED) is 0.386. The first-order valence-corrected chi connectivity index (χ1v) is 9.99. The second-order valence-electron chi connectivity index (χ2n) is 6.84. The van der Waals surface area contributed by atoms with E-state index < -0.39 is 0 Å². The second-order valence-corrected chi connectivity index (χ2v) is 6.84. The van der Waals surface area contributed by atoms with E-state index in [9.17, 15) is 0 Å². The maximum atomic E-state index is 4.21. The lowest BCUT2D eigenvalue weighted by Crippen LogP contribution is -2.28. The van der Waals surface area contributed by atoms with Gasteiger partial charge in [-0.3, -0.25) is 4.98 Å². The fraction of sp³-hybridized carbons (Fsp3) is 0.762. The van der Waals surface area contributed by atoms with Crippen LogP contribution in [0.4, 0.5) is 0 Å². The third-order valence-electron chi connectivity index (χ3n) is 4.63. The van der Waals surface area contributed by atoms with Gasteiger partial charge in [-0.1, -0.05) is 84.1 Å². The van der Waals surface area contributed by atoms with E-state index in [0.29, 0.717) is 6.04 Å². The van der Waals surface area contributed by atoms with Crippen molar-refractivity contribution in [3.05, 3.63) is 30.1 Å². The van der Waals surface area contributed by atoms with Crippen LogP contribution in [-0.2, 0) is 6.54 Å². The third kappa shape index (κ3) is 11.3. The predicted octanol–water partition coefficient (Wildman–Crippen LogP) is 6.26. The largest absolute Gasteiger partial charge is 0.310 e. The first-order chi connectivity index (χ1) is 11.4. The lowest BCUT2D eigenvalue weighted by atomic mass is 10.00. The molecule has 0 fully saturated rings. The lowest BCUT2D eigenvalue weighted by molar-refractivity contribution is 0.411. The van der Waals surface area contributed by atoms with Crippen LogP contribution in [0.1, 0.15) is 96.5 Å². The van der Waals surface area contributed by atoms with E-state index in [1.54, 1.807) is 0 Å². The molecule has 0 bridgehead atoms. The molecule has 0 unspecified atom stereocenters. The number of unbranched alkanes of at least 4 members (excludes halogenated alkanes) is 8. The van der Waals surface area contributed by atoms with Gasteiger partial charge in [-0.25, -0.2) is 0 Å². The summed E-state index contributed by atoms with van der Waals surface area (Å²) in [6.45, 7) is 5.53. The zero-order valence-electron chi connectivity index (χ0n) is 15.5. The van der Waals surface area contributed by atoms with E-state index in [1.807, 2.05) is 18.5 Å². The molecule has 1 aromatic rings. The van der Waals surface area contributed by atoms with Crippen LogP contribution in [-0.4, -0.2) is 11.0 Å². The Bertz CT molecular complexity index is 336. The van der Waals surface area contributed by atoms with Crippen molar-refractivity contribution in [3.8, 4) is 0 Å². The molecule has 1 aromatic heterocycles. The average molecular weight is 319 g/mol. The fourth-order valence-corrected chi connectivity index (χ4v) is 3.10. The Morgan fingerprint density at radius 1 is 0.870 bits per heavy atom. The molecule has 0 aliphatic heterocycles. The van der Waals surface area contributed by atoms with Crippen LogP contribution in [0.5, 0.6) is 0 Å². The molecule has 1 rings (SSSR count). The number of nitrogens with zero attached hydrogens (tertiary/aromatic N) is 1. The molecule has 2 nitrogen and oxygen atoms in total. The van der Waals surface area contributed by atoms with E-state index in [0.717, 1.165) is 6.54 Å². The van der Waals surface area contributed by atoms with Crippen molar-refractivity contribution in [2.24, 2.45) is 0 Å². The van der Waals surface area contributed by atoms with Crippen molar-refractivity contribution in [3.63, 3.8) is 0 Å². The molecule has 1 heterocycles. The summed E-state index contributed by atoms with van der Waals surface area (Å²) in [6.07, 6.45) is 20.3. The van der Waals surface area contributed by atoms with Gasteiger partial charge in [0.2, 0.25) is 0 Å². The Labute approximate surface area is 144 Å². The summed E-state index contributed by atoms with van der Waals surface area (Å²) in [5, 5.41) is 3.78. The molecule has 0 amide bonds.